The Morgan fingerprint density at radius 1 is 0.590 bits per heavy atom. The molecule has 2 aromatic carbocycles. The molecule has 0 atom stereocenters. The van der Waals surface area contributed by atoms with E-state index in [1.165, 1.54) is 65.5 Å². The second kappa shape index (κ2) is 10.7. The Kier molecular flexibility index (Phi) is 8.32. The molecule has 0 saturated heterocycles. The maximum absolute atomic E-state index is 7.02. The van der Waals surface area contributed by atoms with E-state index in [0.29, 0.717) is 6.04 Å². The van der Waals surface area contributed by atoms with E-state index >= 15 is 0 Å². The van der Waals surface area contributed by atoms with Gasteiger partial charge in [0, 0.05) is 23.6 Å². The first-order valence-corrected chi connectivity index (χ1v) is 16.3. The van der Waals surface area contributed by atoms with Crippen LogP contribution in [0.2, 0.25) is 0 Å². The van der Waals surface area contributed by atoms with Crippen molar-refractivity contribution in [2.75, 3.05) is 0 Å². The Hall–Kier alpha value is -1.57. The van der Waals surface area contributed by atoms with E-state index in [2.05, 4.69) is 112 Å². The highest BCUT2D eigenvalue weighted by atomic mass is 31.2. The second-order valence-electron chi connectivity index (χ2n) is 16.1. The Morgan fingerprint density at radius 3 is 1.36 bits per heavy atom. The summed E-state index contributed by atoms with van der Waals surface area (Å²) in [6.07, 6.45) is 7.07. The number of benzene rings is 2. The minimum Gasteiger partial charge on any atom is -0.427 e. The minimum absolute atomic E-state index is 0.0473. The third kappa shape index (κ3) is 7.02. The van der Waals surface area contributed by atoms with Gasteiger partial charge < -0.3 is 9.05 Å². The molecule has 1 fully saturated rings. The van der Waals surface area contributed by atoms with E-state index < -0.39 is 8.53 Å². The lowest BCUT2D eigenvalue weighted by Gasteiger charge is -2.36. The van der Waals surface area contributed by atoms with Crippen LogP contribution in [0.25, 0.3) is 0 Å². The molecule has 0 bridgehead atoms. The monoisotopic (exact) mass is 551 g/mol. The minimum atomic E-state index is -1.36. The molecule has 1 aliphatic heterocycles. The van der Waals surface area contributed by atoms with Gasteiger partial charge in [0.25, 0.3) is 0 Å². The molecule has 1 aliphatic carbocycles. The average Bonchev–Trinajstić information content (AvgIpc) is 2.77. The van der Waals surface area contributed by atoms with Crippen LogP contribution in [0.4, 0.5) is 0 Å². The molecule has 39 heavy (non-hydrogen) atoms. The molecule has 2 aromatic rings. The molecule has 0 spiro atoms. The molecule has 0 aromatic heterocycles. The third-order valence-electron chi connectivity index (χ3n) is 8.30. The molecular weight excluding hydrogens is 497 g/mol. The predicted octanol–water partition coefficient (Wildman–Crippen LogP) is 10.4. The van der Waals surface area contributed by atoms with Crippen molar-refractivity contribution in [2.24, 2.45) is 0 Å². The molecule has 1 heterocycles. The van der Waals surface area contributed by atoms with Crippen molar-refractivity contribution < 1.29 is 9.05 Å². The van der Waals surface area contributed by atoms with E-state index in [1.54, 1.807) is 0 Å². The lowest BCUT2D eigenvalue weighted by Crippen LogP contribution is -2.31. The molecule has 1 saturated carbocycles. The zero-order valence-electron chi connectivity index (χ0n) is 26.9. The van der Waals surface area contributed by atoms with Crippen molar-refractivity contribution in [1.82, 2.24) is 5.09 Å². The number of rotatable bonds is 2. The van der Waals surface area contributed by atoms with Crippen LogP contribution in [0.3, 0.4) is 0 Å². The van der Waals surface area contributed by atoms with Gasteiger partial charge in [0.1, 0.15) is 11.5 Å². The summed E-state index contributed by atoms with van der Waals surface area (Å²) in [5, 5.41) is 3.87. The van der Waals surface area contributed by atoms with Crippen molar-refractivity contribution in [3.8, 4) is 11.5 Å². The Labute approximate surface area is 240 Å². The maximum Gasteiger partial charge on any atom is 0.381 e. The predicted molar refractivity (Wildman–Crippen MR) is 169 cm³/mol. The fourth-order valence-corrected chi connectivity index (χ4v) is 7.12. The summed E-state index contributed by atoms with van der Waals surface area (Å²) in [5.41, 5.74) is 7.83. The van der Waals surface area contributed by atoms with Crippen molar-refractivity contribution in [1.29, 1.82) is 0 Å². The SMILES string of the molecule is CC(C)(C)c1cc2c(c(C(C)(C)C)c1)OP(NC1CCCCC1)Oc1c(cc(C(C)(C)C)cc1C(C)(C)C)C2. The van der Waals surface area contributed by atoms with Gasteiger partial charge in [0.15, 0.2) is 0 Å². The van der Waals surface area contributed by atoms with E-state index in [-0.39, 0.29) is 21.7 Å². The number of hydrogen-bond donors (Lipinski definition) is 1. The van der Waals surface area contributed by atoms with Crippen LogP contribution in [0.15, 0.2) is 24.3 Å². The average molecular weight is 552 g/mol. The molecule has 4 heteroatoms. The van der Waals surface area contributed by atoms with E-state index in [4.69, 9.17) is 9.05 Å². The standard InChI is InChI=1S/C35H54NO2P/c1-32(2,3)25-19-23-18-24-20-26(33(4,5)6)22-29(35(10,11)12)31(24)38-39(36-27-16-14-13-15-17-27)37-30(23)28(21-25)34(7,8)9/h19-22,27,36H,13-18H2,1-12H3. The van der Waals surface area contributed by atoms with Crippen molar-refractivity contribution >= 4 is 8.53 Å². The highest BCUT2D eigenvalue weighted by Gasteiger charge is 2.35. The van der Waals surface area contributed by atoms with Crippen molar-refractivity contribution in [3.05, 3.63) is 57.6 Å². The lowest BCUT2D eigenvalue weighted by atomic mass is 9.76. The molecule has 3 nitrogen and oxygen atoms in total. The molecule has 1 N–H and O–H groups in total. The fraction of sp³-hybridized carbons (Fsp3) is 0.657. The second-order valence-corrected chi connectivity index (χ2v) is 17.2. The number of fused-ring (bicyclic) bond motifs is 2. The van der Waals surface area contributed by atoms with E-state index in [9.17, 15) is 0 Å². The number of nitrogens with one attached hydrogen (secondary N) is 1. The van der Waals surface area contributed by atoms with Gasteiger partial charge in [-0.3, -0.25) is 0 Å². The lowest BCUT2D eigenvalue weighted by molar-refractivity contribution is 0.381. The first-order valence-electron chi connectivity index (χ1n) is 15.1. The first kappa shape index (κ1) is 30.4. The molecule has 4 rings (SSSR count). The van der Waals surface area contributed by atoms with E-state index in [1.807, 2.05) is 0 Å². The van der Waals surface area contributed by atoms with Crippen LogP contribution >= 0.6 is 8.53 Å². The fourth-order valence-electron chi connectivity index (χ4n) is 5.66. The molecular formula is C35H54NO2P. The summed E-state index contributed by atoms with van der Waals surface area (Å²) < 4.78 is 14.0. The zero-order chi connectivity index (χ0) is 29.0. The van der Waals surface area contributed by atoms with Crippen LogP contribution in [-0.2, 0) is 28.1 Å². The molecule has 0 radical (unpaired) electrons. The van der Waals surface area contributed by atoms with Gasteiger partial charge in [-0.15, -0.1) is 0 Å². The van der Waals surface area contributed by atoms with Gasteiger partial charge in [0.2, 0.25) is 0 Å². The smallest absolute Gasteiger partial charge is 0.381 e. The summed E-state index contributed by atoms with van der Waals surface area (Å²) in [6.45, 7) is 27.7. The normalized spacial score (nSPS) is 17.9. The highest BCUT2D eigenvalue weighted by molar-refractivity contribution is 7.45. The summed E-state index contributed by atoms with van der Waals surface area (Å²) >= 11 is 0. The summed E-state index contributed by atoms with van der Waals surface area (Å²) in [6, 6.07) is 10.0. The van der Waals surface area contributed by atoms with Gasteiger partial charge in [-0.05, 0) is 56.8 Å². The van der Waals surface area contributed by atoms with Gasteiger partial charge in [-0.2, -0.15) is 0 Å². The van der Waals surface area contributed by atoms with Crippen molar-refractivity contribution in [2.45, 2.75) is 149 Å². The summed E-state index contributed by atoms with van der Waals surface area (Å²) in [4.78, 5) is 0. The largest absolute Gasteiger partial charge is 0.427 e. The van der Waals surface area contributed by atoms with Gasteiger partial charge in [0.05, 0.1) is 0 Å². The van der Waals surface area contributed by atoms with Crippen LogP contribution in [0, 0.1) is 0 Å². The Bertz CT molecular complexity index is 1100. The Morgan fingerprint density at radius 2 is 1.00 bits per heavy atom. The van der Waals surface area contributed by atoms with Crippen LogP contribution < -0.4 is 14.1 Å². The third-order valence-corrected chi connectivity index (χ3v) is 9.57. The van der Waals surface area contributed by atoms with Gasteiger partial charge >= 0.3 is 8.53 Å². The first-order chi connectivity index (χ1) is 17.8. The maximum atomic E-state index is 7.02. The molecule has 0 amide bonds. The summed E-state index contributed by atoms with van der Waals surface area (Å²) in [7, 11) is -1.36. The van der Waals surface area contributed by atoms with Crippen molar-refractivity contribution in [3.63, 3.8) is 0 Å². The number of hydrogen-bond acceptors (Lipinski definition) is 3. The Balaban J connectivity index is 1.98. The topological polar surface area (TPSA) is 30.5 Å². The van der Waals surface area contributed by atoms with Crippen LogP contribution in [0.1, 0.15) is 149 Å². The molecule has 216 valence electrons. The van der Waals surface area contributed by atoms with Gasteiger partial charge in [-0.25, -0.2) is 5.09 Å². The highest BCUT2D eigenvalue weighted by Crippen LogP contribution is 2.52. The molecule has 2 aliphatic rings. The molecule has 0 unspecified atom stereocenters. The van der Waals surface area contributed by atoms with Crippen LogP contribution in [-0.4, -0.2) is 6.04 Å². The van der Waals surface area contributed by atoms with E-state index in [0.717, 1.165) is 17.9 Å². The van der Waals surface area contributed by atoms with Gasteiger partial charge in [-0.1, -0.05) is 127 Å². The van der Waals surface area contributed by atoms with Crippen LogP contribution in [0.5, 0.6) is 11.5 Å². The zero-order valence-corrected chi connectivity index (χ0v) is 27.8. The quantitative estimate of drug-likeness (QED) is 0.377. The summed E-state index contributed by atoms with van der Waals surface area (Å²) in [5.74, 6) is 2.04.